The van der Waals surface area contributed by atoms with Crippen LogP contribution in [0.1, 0.15) is 25.3 Å². The van der Waals surface area contributed by atoms with E-state index in [9.17, 15) is 9.59 Å². The van der Waals surface area contributed by atoms with E-state index < -0.39 is 0 Å². The number of carbonyl (C=O) groups is 2. The van der Waals surface area contributed by atoms with E-state index in [0.29, 0.717) is 49.6 Å². The molecule has 2 fully saturated rings. The second-order valence-corrected chi connectivity index (χ2v) is 10.5. The Morgan fingerprint density at radius 3 is 2.78 bits per heavy atom. The molecule has 2 saturated heterocycles. The molecule has 2 aliphatic heterocycles. The van der Waals surface area contributed by atoms with Gasteiger partial charge in [-0.3, -0.25) is 14.5 Å². The van der Waals surface area contributed by atoms with E-state index >= 15 is 0 Å². The lowest BCUT2D eigenvalue weighted by atomic mass is 10.1. The van der Waals surface area contributed by atoms with Gasteiger partial charge in [-0.2, -0.15) is 0 Å². The maximum atomic E-state index is 12.9. The molecule has 0 aliphatic carbocycles. The van der Waals surface area contributed by atoms with Crippen molar-refractivity contribution in [3.05, 3.63) is 56.9 Å². The summed E-state index contributed by atoms with van der Waals surface area (Å²) in [6.07, 6.45) is 3.74. The summed E-state index contributed by atoms with van der Waals surface area (Å²) in [6.45, 7) is 3.22. The number of carbonyl (C=O) groups excluding carboxylic acids is 2. The molecular formula is C25H24Cl2N2O5S2. The number of benzene rings is 2. The van der Waals surface area contributed by atoms with Crippen molar-refractivity contribution in [2.45, 2.75) is 25.9 Å². The van der Waals surface area contributed by atoms with E-state index in [1.165, 1.54) is 11.8 Å². The van der Waals surface area contributed by atoms with Crippen molar-refractivity contribution in [1.82, 2.24) is 4.90 Å². The van der Waals surface area contributed by atoms with Crippen LogP contribution in [0, 0.1) is 0 Å². The lowest BCUT2D eigenvalue weighted by Gasteiger charge is -2.18. The molecule has 0 saturated carbocycles. The molecule has 0 spiro atoms. The third-order valence-corrected chi connectivity index (χ3v) is 7.53. The first kappa shape index (κ1) is 26.8. The molecule has 1 atom stereocenters. The fraction of sp³-hybridized carbons (Fsp3) is 0.320. The van der Waals surface area contributed by atoms with Crippen LogP contribution in [0.2, 0.25) is 10.0 Å². The first-order valence-electron chi connectivity index (χ1n) is 11.4. The van der Waals surface area contributed by atoms with Crippen molar-refractivity contribution in [2.24, 2.45) is 0 Å². The van der Waals surface area contributed by atoms with Crippen LogP contribution in [0.25, 0.3) is 6.08 Å². The molecule has 0 bridgehead atoms. The van der Waals surface area contributed by atoms with Crippen LogP contribution < -0.4 is 14.8 Å². The Morgan fingerprint density at radius 2 is 2.06 bits per heavy atom. The minimum absolute atomic E-state index is 0.0294. The first-order valence-corrected chi connectivity index (χ1v) is 13.3. The number of thiocarbonyl (C=S) groups is 1. The summed E-state index contributed by atoms with van der Waals surface area (Å²) in [5.41, 5.74) is 1.26. The van der Waals surface area contributed by atoms with E-state index in [-0.39, 0.29) is 24.5 Å². The normalized spacial score (nSPS) is 18.7. The van der Waals surface area contributed by atoms with Crippen molar-refractivity contribution >= 4 is 75.1 Å². The molecule has 190 valence electrons. The molecule has 4 rings (SSSR count). The van der Waals surface area contributed by atoms with Gasteiger partial charge in [0.15, 0.2) is 18.1 Å². The number of ether oxygens (including phenoxy) is 3. The van der Waals surface area contributed by atoms with Gasteiger partial charge in [0.05, 0.1) is 34.2 Å². The molecule has 0 unspecified atom stereocenters. The first-order chi connectivity index (χ1) is 17.3. The summed E-state index contributed by atoms with van der Waals surface area (Å²) in [4.78, 5) is 27.4. The summed E-state index contributed by atoms with van der Waals surface area (Å²) in [7, 11) is 0. The number of nitrogens with one attached hydrogen (secondary N) is 1. The third-order valence-electron chi connectivity index (χ3n) is 5.41. The maximum Gasteiger partial charge on any atom is 0.266 e. The second-order valence-electron chi connectivity index (χ2n) is 8.03. The van der Waals surface area contributed by atoms with Crippen molar-refractivity contribution in [1.29, 1.82) is 0 Å². The summed E-state index contributed by atoms with van der Waals surface area (Å²) in [5.74, 6) is 0.375. The monoisotopic (exact) mass is 566 g/mol. The standard InChI is InChI=1S/C25H24Cl2N2O5S2/c1-2-32-21-10-15(11-22-24(31)29(25(35)36-22)13-17-4-3-9-33-17)5-8-20(21)34-14-23(30)28-16-6-7-18(26)19(27)12-16/h5-8,10-12,17H,2-4,9,13-14H2,1H3,(H,28,30)/b22-11-/t17-/m1/s1. The fourth-order valence-electron chi connectivity index (χ4n) is 3.72. The van der Waals surface area contributed by atoms with Crippen LogP contribution in [-0.2, 0) is 14.3 Å². The highest BCUT2D eigenvalue weighted by Gasteiger charge is 2.34. The van der Waals surface area contributed by atoms with Crippen LogP contribution in [-0.4, -0.2) is 53.5 Å². The Balaban J connectivity index is 1.41. The summed E-state index contributed by atoms with van der Waals surface area (Å²) in [5, 5.41) is 3.45. The maximum absolute atomic E-state index is 12.9. The number of nitrogens with zero attached hydrogens (tertiary/aromatic N) is 1. The SMILES string of the molecule is CCOc1cc(/C=C2\SC(=S)N(C[C@H]3CCCO3)C2=O)ccc1OCC(=O)Nc1ccc(Cl)c(Cl)c1. The van der Waals surface area contributed by atoms with Gasteiger partial charge in [0.1, 0.15) is 4.32 Å². The molecule has 1 N–H and O–H groups in total. The fourth-order valence-corrected chi connectivity index (χ4v) is 5.29. The predicted octanol–water partition coefficient (Wildman–Crippen LogP) is 5.79. The minimum atomic E-state index is -0.366. The van der Waals surface area contributed by atoms with Gasteiger partial charge in [-0.25, -0.2) is 0 Å². The summed E-state index contributed by atoms with van der Waals surface area (Å²) >= 11 is 18.6. The van der Waals surface area contributed by atoms with Crippen LogP contribution in [0.3, 0.4) is 0 Å². The average Bonchev–Trinajstić information content (AvgIpc) is 3.45. The van der Waals surface area contributed by atoms with Crippen molar-refractivity contribution in [3.8, 4) is 11.5 Å². The van der Waals surface area contributed by atoms with Gasteiger partial charge in [0.25, 0.3) is 11.8 Å². The molecule has 2 aromatic carbocycles. The zero-order valence-electron chi connectivity index (χ0n) is 19.4. The lowest BCUT2D eigenvalue weighted by molar-refractivity contribution is -0.123. The number of amides is 2. The Hall–Kier alpha value is -2.30. The Bertz CT molecular complexity index is 1200. The summed E-state index contributed by atoms with van der Waals surface area (Å²) < 4.78 is 17.6. The van der Waals surface area contributed by atoms with Crippen molar-refractivity contribution < 1.29 is 23.8 Å². The van der Waals surface area contributed by atoms with Gasteiger partial charge in [0, 0.05) is 12.3 Å². The van der Waals surface area contributed by atoms with Crippen LogP contribution in [0.15, 0.2) is 41.3 Å². The van der Waals surface area contributed by atoms with Crippen molar-refractivity contribution in [3.63, 3.8) is 0 Å². The molecule has 0 aromatic heterocycles. The van der Waals surface area contributed by atoms with E-state index in [1.807, 2.05) is 6.92 Å². The Kier molecular flexibility index (Phi) is 9.14. The number of rotatable bonds is 9. The Labute approximate surface area is 229 Å². The smallest absolute Gasteiger partial charge is 0.266 e. The van der Waals surface area contributed by atoms with Gasteiger partial charge < -0.3 is 19.5 Å². The van der Waals surface area contributed by atoms with Crippen molar-refractivity contribution in [2.75, 3.05) is 31.7 Å². The molecular weight excluding hydrogens is 543 g/mol. The second kappa shape index (κ2) is 12.3. The topological polar surface area (TPSA) is 77.1 Å². The van der Waals surface area contributed by atoms with E-state index in [4.69, 9.17) is 49.6 Å². The van der Waals surface area contributed by atoms with Crippen LogP contribution in [0.4, 0.5) is 5.69 Å². The minimum Gasteiger partial charge on any atom is -0.490 e. The van der Waals surface area contributed by atoms with Gasteiger partial charge in [0.2, 0.25) is 0 Å². The molecule has 2 aliphatic rings. The molecule has 2 aromatic rings. The third kappa shape index (κ3) is 6.72. The average molecular weight is 568 g/mol. The van der Waals surface area contributed by atoms with Gasteiger partial charge in [-0.05, 0) is 61.7 Å². The molecule has 7 nitrogen and oxygen atoms in total. The Morgan fingerprint density at radius 1 is 1.22 bits per heavy atom. The van der Waals surface area contributed by atoms with Crippen LogP contribution in [0.5, 0.6) is 11.5 Å². The van der Waals surface area contributed by atoms with Gasteiger partial charge >= 0.3 is 0 Å². The molecule has 0 radical (unpaired) electrons. The van der Waals surface area contributed by atoms with Crippen LogP contribution >= 0.6 is 47.2 Å². The highest BCUT2D eigenvalue weighted by molar-refractivity contribution is 8.26. The highest BCUT2D eigenvalue weighted by Crippen LogP contribution is 2.35. The number of hydrogen-bond donors (Lipinski definition) is 1. The number of hydrogen-bond acceptors (Lipinski definition) is 7. The molecule has 36 heavy (non-hydrogen) atoms. The summed E-state index contributed by atoms with van der Waals surface area (Å²) in [6, 6.07) is 10.1. The largest absolute Gasteiger partial charge is 0.490 e. The van der Waals surface area contributed by atoms with E-state index in [0.717, 1.165) is 25.0 Å². The predicted molar refractivity (Wildman–Crippen MR) is 147 cm³/mol. The molecule has 2 amide bonds. The van der Waals surface area contributed by atoms with E-state index in [1.54, 1.807) is 47.4 Å². The molecule has 2 heterocycles. The zero-order valence-corrected chi connectivity index (χ0v) is 22.6. The van der Waals surface area contributed by atoms with Gasteiger partial charge in [-0.1, -0.05) is 53.2 Å². The highest BCUT2D eigenvalue weighted by atomic mass is 35.5. The molecule has 11 heteroatoms. The van der Waals surface area contributed by atoms with E-state index in [2.05, 4.69) is 5.32 Å². The lowest BCUT2D eigenvalue weighted by Crippen LogP contribution is -2.35. The number of thioether (sulfide) groups is 1. The van der Waals surface area contributed by atoms with Gasteiger partial charge in [-0.15, -0.1) is 0 Å². The number of anilines is 1. The zero-order chi connectivity index (χ0) is 25.7. The number of halogens is 2. The quantitative estimate of drug-likeness (QED) is 0.304.